The Labute approximate surface area is 149 Å². The molecule has 0 aliphatic rings. The second-order valence-corrected chi connectivity index (χ2v) is 5.44. The van der Waals surface area contributed by atoms with Crippen LogP contribution in [0.4, 0.5) is 11.4 Å². The van der Waals surface area contributed by atoms with Gasteiger partial charge in [0.25, 0.3) is 11.8 Å². The lowest BCUT2D eigenvalue weighted by Crippen LogP contribution is -2.21. The SMILES string of the molecule is NC(=O)c1cnc(Cc2ccccn2)c(N)c1NC(=O)c1ccccn1. The van der Waals surface area contributed by atoms with Crippen molar-refractivity contribution in [3.63, 3.8) is 0 Å². The van der Waals surface area contributed by atoms with Crippen molar-refractivity contribution in [3.8, 4) is 0 Å². The number of carbonyl (C=O) groups excluding carboxylic acids is 2. The zero-order chi connectivity index (χ0) is 18.5. The standard InChI is InChI=1S/C18H16N6O2/c19-15-14(9-11-5-1-3-7-21-11)23-10-12(17(20)25)16(15)24-18(26)13-6-2-4-8-22-13/h1-8,10H,9,19H2,(H2,20,25)(H,23,24,26). The first-order valence-electron chi connectivity index (χ1n) is 7.75. The first-order chi connectivity index (χ1) is 12.6. The van der Waals surface area contributed by atoms with E-state index in [2.05, 4.69) is 20.3 Å². The normalized spacial score (nSPS) is 10.3. The average molecular weight is 348 g/mol. The summed E-state index contributed by atoms with van der Waals surface area (Å²) in [7, 11) is 0. The van der Waals surface area contributed by atoms with Crippen LogP contribution in [0, 0.1) is 0 Å². The molecule has 0 aliphatic heterocycles. The third-order valence-electron chi connectivity index (χ3n) is 3.68. The number of nitrogens with zero attached hydrogens (tertiary/aromatic N) is 3. The molecule has 0 saturated carbocycles. The molecule has 0 saturated heterocycles. The van der Waals surface area contributed by atoms with Gasteiger partial charge < -0.3 is 16.8 Å². The highest BCUT2D eigenvalue weighted by atomic mass is 16.2. The molecule has 0 spiro atoms. The van der Waals surface area contributed by atoms with Crippen LogP contribution in [0.25, 0.3) is 0 Å². The largest absolute Gasteiger partial charge is 0.396 e. The second kappa shape index (κ2) is 7.39. The molecule has 26 heavy (non-hydrogen) atoms. The Hall–Kier alpha value is -3.81. The van der Waals surface area contributed by atoms with Gasteiger partial charge in [-0.05, 0) is 24.3 Å². The predicted molar refractivity (Wildman–Crippen MR) is 96.4 cm³/mol. The predicted octanol–water partition coefficient (Wildman–Crippen LogP) is 1.40. The van der Waals surface area contributed by atoms with Crippen LogP contribution in [0.5, 0.6) is 0 Å². The zero-order valence-electron chi connectivity index (χ0n) is 13.7. The number of carbonyl (C=O) groups is 2. The van der Waals surface area contributed by atoms with Gasteiger partial charge in [0.15, 0.2) is 0 Å². The fourth-order valence-corrected chi connectivity index (χ4v) is 2.38. The van der Waals surface area contributed by atoms with Crippen LogP contribution < -0.4 is 16.8 Å². The van der Waals surface area contributed by atoms with Crippen molar-refractivity contribution in [2.45, 2.75) is 6.42 Å². The molecule has 130 valence electrons. The summed E-state index contributed by atoms with van der Waals surface area (Å²) in [5.41, 5.74) is 13.3. The molecule has 0 atom stereocenters. The minimum Gasteiger partial charge on any atom is -0.396 e. The summed E-state index contributed by atoms with van der Waals surface area (Å²) in [5.74, 6) is -1.25. The highest BCUT2D eigenvalue weighted by molar-refractivity contribution is 6.10. The van der Waals surface area contributed by atoms with Gasteiger partial charge in [0.2, 0.25) is 0 Å². The minimum atomic E-state index is -0.745. The van der Waals surface area contributed by atoms with Crippen molar-refractivity contribution in [1.29, 1.82) is 0 Å². The van der Waals surface area contributed by atoms with Gasteiger partial charge in [-0.1, -0.05) is 12.1 Å². The lowest BCUT2D eigenvalue weighted by atomic mass is 10.1. The van der Waals surface area contributed by atoms with Gasteiger partial charge >= 0.3 is 0 Å². The molecule has 3 rings (SSSR count). The maximum Gasteiger partial charge on any atom is 0.274 e. The summed E-state index contributed by atoms with van der Waals surface area (Å²) < 4.78 is 0. The van der Waals surface area contributed by atoms with E-state index in [1.165, 1.54) is 12.4 Å². The van der Waals surface area contributed by atoms with Crippen molar-refractivity contribution in [3.05, 3.63) is 77.6 Å². The van der Waals surface area contributed by atoms with Crippen LogP contribution in [-0.4, -0.2) is 26.8 Å². The number of aromatic nitrogens is 3. The van der Waals surface area contributed by atoms with Crippen molar-refractivity contribution in [1.82, 2.24) is 15.0 Å². The van der Waals surface area contributed by atoms with Crippen molar-refractivity contribution < 1.29 is 9.59 Å². The minimum absolute atomic E-state index is 0.0246. The van der Waals surface area contributed by atoms with E-state index in [1.807, 2.05) is 12.1 Å². The van der Waals surface area contributed by atoms with E-state index >= 15 is 0 Å². The van der Waals surface area contributed by atoms with E-state index < -0.39 is 11.8 Å². The van der Waals surface area contributed by atoms with Gasteiger partial charge in [0, 0.05) is 30.7 Å². The lowest BCUT2D eigenvalue weighted by molar-refractivity contribution is 0.100. The summed E-state index contributed by atoms with van der Waals surface area (Å²) in [4.78, 5) is 36.5. The van der Waals surface area contributed by atoms with E-state index in [-0.39, 0.29) is 22.6 Å². The molecule has 0 unspecified atom stereocenters. The third-order valence-corrected chi connectivity index (χ3v) is 3.68. The van der Waals surface area contributed by atoms with Gasteiger partial charge in [-0.15, -0.1) is 0 Å². The molecule has 0 aliphatic carbocycles. The maximum absolute atomic E-state index is 12.4. The maximum atomic E-state index is 12.4. The molecule has 3 aromatic rings. The Morgan fingerprint density at radius 3 is 2.35 bits per heavy atom. The summed E-state index contributed by atoms with van der Waals surface area (Å²) in [6.07, 6.45) is 4.79. The molecule has 0 aromatic carbocycles. The highest BCUT2D eigenvalue weighted by Crippen LogP contribution is 2.27. The van der Waals surface area contributed by atoms with Crippen LogP contribution in [0.15, 0.2) is 55.0 Å². The topological polar surface area (TPSA) is 137 Å². The molecular formula is C18H16N6O2. The van der Waals surface area contributed by atoms with Crippen LogP contribution in [0.2, 0.25) is 0 Å². The fraction of sp³-hybridized carbons (Fsp3) is 0.0556. The Morgan fingerprint density at radius 1 is 1.00 bits per heavy atom. The van der Waals surface area contributed by atoms with E-state index in [1.54, 1.807) is 30.5 Å². The molecule has 0 bridgehead atoms. The summed E-state index contributed by atoms with van der Waals surface area (Å²) >= 11 is 0. The fourth-order valence-electron chi connectivity index (χ4n) is 2.38. The number of hydrogen-bond donors (Lipinski definition) is 3. The molecule has 2 amide bonds. The number of rotatable bonds is 5. The van der Waals surface area contributed by atoms with Crippen LogP contribution in [0.1, 0.15) is 32.2 Å². The summed E-state index contributed by atoms with van der Waals surface area (Å²) in [6, 6.07) is 10.4. The third kappa shape index (κ3) is 3.64. The first kappa shape index (κ1) is 17.0. The van der Waals surface area contributed by atoms with E-state index in [0.29, 0.717) is 12.1 Å². The van der Waals surface area contributed by atoms with Gasteiger partial charge in [-0.3, -0.25) is 24.5 Å². The Morgan fingerprint density at radius 2 is 1.73 bits per heavy atom. The Balaban J connectivity index is 1.97. The Bertz CT molecular complexity index is 945. The summed E-state index contributed by atoms with van der Waals surface area (Å²) in [6.45, 7) is 0. The molecule has 8 heteroatoms. The number of anilines is 2. The van der Waals surface area contributed by atoms with Crippen LogP contribution >= 0.6 is 0 Å². The molecule has 3 heterocycles. The van der Waals surface area contributed by atoms with Crippen molar-refractivity contribution >= 4 is 23.2 Å². The second-order valence-electron chi connectivity index (χ2n) is 5.44. The molecular weight excluding hydrogens is 332 g/mol. The molecule has 0 radical (unpaired) electrons. The van der Waals surface area contributed by atoms with E-state index in [9.17, 15) is 9.59 Å². The molecule has 5 N–H and O–H groups in total. The number of pyridine rings is 3. The van der Waals surface area contributed by atoms with E-state index in [4.69, 9.17) is 11.5 Å². The van der Waals surface area contributed by atoms with Gasteiger partial charge in [0.05, 0.1) is 22.6 Å². The van der Waals surface area contributed by atoms with Crippen molar-refractivity contribution in [2.24, 2.45) is 5.73 Å². The quantitative estimate of drug-likeness (QED) is 0.637. The van der Waals surface area contributed by atoms with Gasteiger partial charge in [0.1, 0.15) is 5.69 Å². The molecule has 0 fully saturated rings. The Kier molecular flexibility index (Phi) is 4.84. The number of nitrogens with one attached hydrogen (secondary N) is 1. The summed E-state index contributed by atoms with van der Waals surface area (Å²) in [5, 5.41) is 2.61. The van der Waals surface area contributed by atoms with Gasteiger partial charge in [-0.25, -0.2) is 0 Å². The van der Waals surface area contributed by atoms with Crippen molar-refractivity contribution in [2.75, 3.05) is 11.1 Å². The molecule has 3 aromatic heterocycles. The lowest BCUT2D eigenvalue weighted by Gasteiger charge is -2.14. The number of primary amides is 1. The smallest absolute Gasteiger partial charge is 0.274 e. The van der Waals surface area contributed by atoms with Crippen LogP contribution in [0.3, 0.4) is 0 Å². The highest BCUT2D eigenvalue weighted by Gasteiger charge is 2.19. The number of nitrogen functional groups attached to an aromatic ring is 1. The average Bonchev–Trinajstić information content (AvgIpc) is 2.66. The van der Waals surface area contributed by atoms with Gasteiger partial charge in [-0.2, -0.15) is 0 Å². The monoisotopic (exact) mass is 348 g/mol. The number of hydrogen-bond acceptors (Lipinski definition) is 6. The first-order valence-corrected chi connectivity index (χ1v) is 7.75. The van der Waals surface area contributed by atoms with E-state index in [0.717, 1.165) is 5.69 Å². The van der Waals surface area contributed by atoms with Crippen LogP contribution in [-0.2, 0) is 6.42 Å². The number of amides is 2. The zero-order valence-corrected chi connectivity index (χ0v) is 13.7. The number of nitrogens with two attached hydrogens (primary N) is 2. The molecule has 8 nitrogen and oxygen atoms in total.